The van der Waals surface area contributed by atoms with Gasteiger partial charge in [-0.05, 0) is 12.1 Å². The molecule has 2 aromatic rings. The minimum Gasteiger partial charge on any atom is -0.460 e. The minimum atomic E-state index is -0.399. The maximum Gasteiger partial charge on any atom is 0.341 e. The molecule has 0 amide bonds. The number of hydrogen-bond donors (Lipinski definition) is 2. The molecule has 0 aliphatic rings. The number of rotatable bonds is 5. The second kappa shape index (κ2) is 5.85. The number of hydrogen-bond acceptors (Lipinski definition) is 6. The van der Waals surface area contributed by atoms with E-state index in [0.717, 1.165) is 0 Å². The topological polar surface area (TPSA) is 95.1 Å². The summed E-state index contributed by atoms with van der Waals surface area (Å²) in [6, 6.07) is 3.50. The average molecular weight is 261 g/mol. The van der Waals surface area contributed by atoms with Gasteiger partial charge in [-0.15, -0.1) is 0 Å². The highest BCUT2D eigenvalue weighted by molar-refractivity contribution is 5.88. The Morgan fingerprint density at radius 1 is 1.58 bits per heavy atom. The summed E-state index contributed by atoms with van der Waals surface area (Å²) in [5.41, 5.74) is 6.70. The first kappa shape index (κ1) is 12.9. The van der Waals surface area contributed by atoms with E-state index in [1.807, 2.05) is 0 Å². The Bertz CT molecular complexity index is 567. The summed E-state index contributed by atoms with van der Waals surface area (Å²) in [4.78, 5) is 15.7. The molecule has 0 aromatic carbocycles. The van der Waals surface area contributed by atoms with Crippen LogP contribution in [-0.2, 0) is 11.8 Å². The van der Waals surface area contributed by atoms with Crippen LogP contribution in [0, 0.1) is 0 Å². The van der Waals surface area contributed by atoms with E-state index >= 15 is 0 Å². The van der Waals surface area contributed by atoms with E-state index in [1.165, 1.54) is 6.20 Å². The van der Waals surface area contributed by atoms with E-state index in [9.17, 15) is 4.79 Å². The standard InChI is InChI=1S/C12H15N5O2/c1-17-8-9(7-16-17)12(18)19-6-5-15-11-10(13)3-2-4-14-11/h2-4,7-8H,5-6,13H2,1H3,(H,14,15). The molecule has 100 valence electrons. The van der Waals surface area contributed by atoms with Gasteiger partial charge in [-0.25, -0.2) is 9.78 Å². The first-order chi connectivity index (χ1) is 9.16. The number of anilines is 2. The monoisotopic (exact) mass is 261 g/mol. The Hall–Kier alpha value is -2.57. The van der Waals surface area contributed by atoms with Gasteiger partial charge in [0.15, 0.2) is 0 Å². The van der Waals surface area contributed by atoms with Gasteiger partial charge < -0.3 is 15.8 Å². The predicted molar refractivity (Wildman–Crippen MR) is 70.6 cm³/mol. The van der Waals surface area contributed by atoms with Crippen LogP contribution in [-0.4, -0.2) is 33.9 Å². The Labute approximate surface area is 110 Å². The zero-order chi connectivity index (χ0) is 13.7. The van der Waals surface area contributed by atoms with Gasteiger partial charge in [0, 0.05) is 19.4 Å². The summed E-state index contributed by atoms with van der Waals surface area (Å²) < 4.78 is 6.62. The molecule has 0 aliphatic carbocycles. The zero-order valence-corrected chi connectivity index (χ0v) is 10.5. The van der Waals surface area contributed by atoms with Crippen molar-refractivity contribution in [2.75, 3.05) is 24.2 Å². The van der Waals surface area contributed by atoms with Crippen LogP contribution in [0.2, 0.25) is 0 Å². The molecule has 0 unspecified atom stereocenters. The summed E-state index contributed by atoms with van der Waals surface area (Å²) in [6.45, 7) is 0.664. The molecule has 0 bridgehead atoms. The van der Waals surface area contributed by atoms with Crippen molar-refractivity contribution in [3.8, 4) is 0 Å². The van der Waals surface area contributed by atoms with Crippen LogP contribution in [0.25, 0.3) is 0 Å². The third kappa shape index (κ3) is 3.44. The second-order valence-corrected chi connectivity index (χ2v) is 3.91. The average Bonchev–Trinajstić information content (AvgIpc) is 2.83. The van der Waals surface area contributed by atoms with Crippen molar-refractivity contribution in [3.05, 3.63) is 36.3 Å². The third-order valence-corrected chi connectivity index (χ3v) is 2.41. The lowest BCUT2D eigenvalue weighted by molar-refractivity contribution is 0.0520. The molecule has 0 fully saturated rings. The largest absolute Gasteiger partial charge is 0.460 e. The van der Waals surface area contributed by atoms with Crippen LogP contribution in [0.3, 0.4) is 0 Å². The number of nitrogens with zero attached hydrogens (tertiary/aromatic N) is 3. The van der Waals surface area contributed by atoms with Crippen LogP contribution in [0.1, 0.15) is 10.4 Å². The molecular formula is C12H15N5O2. The van der Waals surface area contributed by atoms with E-state index in [2.05, 4.69) is 15.4 Å². The number of aryl methyl sites for hydroxylation is 1. The van der Waals surface area contributed by atoms with Crippen LogP contribution < -0.4 is 11.1 Å². The lowest BCUT2D eigenvalue weighted by atomic mass is 10.4. The number of nitrogens with one attached hydrogen (secondary N) is 1. The molecule has 19 heavy (non-hydrogen) atoms. The number of esters is 1. The smallest absolute Gasteiger partial charge is 0.341 e. The minimum absolute atomic E-state index is 0.226. The summed E-state index contributed by atoms with van der Waals surface area (Å²) in [6.07, 6.45) is 4.71. The Morgan fingerprint density at radius 3 is 3.11 bits per heavy atom. The quantitative estimate of drug-likeness (QED) is 0.606. The van der Waals surface area contributed by atoms with Crippen molar-refractivity contribution in [1.82, 2.24) is 14.8 Å². The molecule has 0 saturated heterocycles. The summed E-state index contributed by atoms with van der Waals surface area (Å²) in [5.74, 6) is 0.184. The molecule has 0 radical (unpaired) electrons. The molecule has 7 nitrogen and oxygen atoms in total. The number of carbonyl (C=O) groups excluding carboxylic acids is 1. The highest BCUT2D eigenvalue weighted by atomic mass is 16.5. The molecule has 2 rings (SSSR count). The predicted octanol–water partition coefficient (Wildman–Crippen LogP) is 0.666. The number of ether oxygens (including phenoxy) is 1. The van der Waals surface area contributed by atoms with Gasteiger partial charge in [0.05, 0.1) is 24.0 Å². The van der Waals surface area contributed by atoms with Gasteiger partial charge in [-0.2, -0.15) is 5.10 Å². The van der Waals surface area contributed by atoms with Crippen LogP contribution in [0.4, 0.5) is 11.5 Å². The lowest BCUT2D eigenvalue weighted by Crippen LogP contribution is -2.15. The molecule has 0 aliphatic heterocycles. The first-order valence-electron chi connectivity index (χ1n) is 5.77. The van der Waals surface area contributed by atoms with Gasteiger partial charge in [-0.1, -0.05) is 0 Å². The molecular weight excluding hydrogens is 246 g/mol. The number of nitrogens with two attached hydrogens (primary N) is 1. The van der Waals surface area contributed by atoms with Gasteiger partial charge in [0.25, 0.3) is 0 Å². The molecule has 7 heteroatoms. The highest BCUT2D eigenvalue weighted by Crippen LogP contribution is 2.12. The highest BCUT2D eigenvalue weighted by Gasteiger charge is 2.08. The molecule has 3 N–H and O–H groups in total. The lowest BCUT2D eigenvalue weighted by Gasteiger charge is -2.07. The van der Waals surface area contributed by atoms with Crippen LogP contribution >= 0.6 is 0 Å². The van der Waals surface area contributed by atoms with E-state index in [4.69, 9.17) is 10.5 Å². The van der Waals surface area contributed by atoms with E-state index in [0.29, 0.717) is 23.6 Å². The van der Waals surface area contributed by atoms with Gasteiger partial charge in [-0.3, -0.25) is 4.68 Å². The fourth-order valence-electron chi connectivity index (χ4n) is 1.49. The number of pyridine rings is 1. The molecule has 0 spiro atoms. The molecule has 2 heterocycles. The zero-order valence-electron chi connectivity index (χ0n) is 10.5. The third-order valence-electron chi connectivity index (χ3n) is 2.41. The van der Waals surface area contributed by atoms with Crippen molar-refractivity contribution < 1.29 is 9.53 Å². The first-order valence-corrected chi connectivity index (χ1v) is 5.77. The molecule has 2 aromatic heterocycles. The van der Waals surface area contributed by atoms with Crippen molar-refractivity contribution >= 4 is 17.5 Å². The number of carbonyl (C=O) groups is 1. The summed E-state index contributed by atoms with van der Waals surface area (Å²) in [5, 5.41) is 6.89. The van der Waals surface area contributed by atoms with E-state index in [-0.39, 0.29) is 6.61 Å². The number of nitrogen functional groups attached to an aromatic ring is 1. The Balaban J connectivity index is 1.75. The Morgan fingerprint density at radius 2 is 2.42 bits per heavy atom. The maximum atomic E-state index is 11.6. The van der Waals surface area contributed by atoms with Crippen molar-refractivity contribution in [1.29, 1.82) is 0 Å². The number of aromatic nitrogens is 3. The van der Waals surface area contributed by atoms with E-state index in [1.54, 1.807) is 36.3 Å². The Kier molecular flexibility index (Phi) is 3.97. The van der Waals surface area contributed by atoms with Gasteiger partial charge >= 0.3 is 5.97 Å². The second-order valence-electron chi connectivity index (χ2n) is 3.91. The van der Waals surface area contributed by atoms with Crippen LogP contribution in [0.5, 0.6) is 0 Å². The van der Waals surface area contributed by atoms with Crippen molar-refractivity contribution in [2.45, 2.75) is 0 Å². The molecule has 0 atom stereocenters. The van der Waals surface area contributed by atoms with E-state index < -0.39 is 5.97 Å². The SMILES string of the molecule is Cn1cc(C(=O)OCCNc2ncccc2N)cn1. The van der Waals surface area contributed by atoms with Gasteiger partial charge in [0.2, 0.25) is 0 Å². The van der Waals surface area contributed by atoms with Crippen molar-refractivity contribution in [3.63, 3.8) is 0 Å². The van der Waals surface area contributed by atoms with Crippen molar-refractivity contribution in [2.24, 2.45) is 7.05 Å². The fourth-order valence-corrected chi connectivity index (χ4v) is 1.49. The van der Waals surface area contributed by atoms with Crippen LogP contribution in [0.15, 0.2) is 30.7 Å². The summed E-state index contributed by atoms with van der Waals surface area (Å²) >= 11 is 0. The maximum absolute atomic E-state index is 11.6. The normalized spacial score (nSPS) is 10.2. The fraction of sp³-hybridized carbons (Fsp3) is 0.250. The van der Waals surface area contributed by atoms with Gasteiger partial charge in [0.1, 0.15) is 12.4 Å². The summed E-state index contributed by atoms with van der Waals surface area (Å²) in [7, 11) is 1.74. The molecule has 0 saturated carbocycles.